The van der Waals surface area contributed by atoms with Crippen LogP contribution in [-0.4, -0.2) is 13.1 Å². The summed E-state index contributed by atoms with van der Waals surface area (Å²) in [4.78, 5) is 0. The van der Waals surface area contributed by atoms with Crippen molar-refractivity contribution in [2.75, 3.05) is 13.1 Å². The summed E-state index contributed by atoms with van der Waals surface area (Å²) in [5.41, 5.74) is 16.5. The number of benzene rings is 1. The molecular weight excluding hydrogens is 711 g/mol. The van der Waals surface area contributed by atoms with Gasteiger partial charge in [-0.1, -0.05) is 147 Å². The summed E-state index contributed by atoms with van der Waals surface area (Å²) in [5.74, 6) is 0. The Balaban J connectivity index is 2.19. The van der Waals surface area contributed by atoms with E-state index in [0.717, 1.165) is 70.9 Å². The van der Waals surface area contributed by atoms with Gasteiger partial charge in [-0.2, -0.15) is 0 Å². The van der Waals surface area contributed by atoms with Gasteiger partial charge in [-0.3, -0.25) is 0 Å². The Hall–Kier alpha value is -3.42. The fraction of sp³-hybridized carbons (Fsp3) is 0.552. The molecule has 0 amide bonds. The van der Waals surface area contributed by atoms with Crippen molar-refractivity contribution in [3.8, 4) is 0 Å². The molecule has 0 aliphatic carbocycles. The van der Waals surface area contributed by atoms with Crippen LogP contribution in [0.25, 0.3) is 0 Å². The van der Waals surface area contributed by atoms with Crippen molar-refractivity contribution in [3.05, 3.63) is 152 Å². The number of rotatable bonds is 32. The highest BCUT2D eigenvalue weighted by Gasteiger charge is 1.98. The van der Waals surface area contributed by atoms with Crippen molar-refractivity contribution in [2.24, 2.45) is 0 Å². The minimum atomic E-state index is 0.962. The van der Waals surface area contributed by atoms with Gasteiger partial charge < -0.3 is 5.32 Å². The largest absolute Gasteiger partial charge is 0.313 e. The summed E-state index contributed by atoms with van der Waals surface area (Å²) in [7, 11) is 0. The Kier molecular flexibility index (Phi) is 32.1. The average molecular weight is 802 g/mol. The Labute approximate surface area is 367 Å². The monoisotopic (exact) mass is 802 g/mol. The molecule has 0 unspecified atom stereocenters. The molecule has 1 aromatic carbocycles. The van der Waals surface area contributed by atoms with E-state index in [1.807, 2.05) is 0 Å². The average Bonchev–Trinajstić information content (AvgIpc) is 3.18. The van der Waals surface area contributed by atoms with E-state index in [9.17, 15) is 0 Å². The molecule has 0 aromatic heterocycles. The van der Waals surface area contributed by atoms with Crippen molar-refractivity contribution in [1.29, 1.82) is 0 Å². The summed E-state index contributed by atoms with van der Waals surface area (Å²) in [6.07, 6.45) is 46.5. The summed E-state index contributed by atoms with van der Waals surface area (Å²) >= 11 is 0. The lowest BCUT2D eigenvalue weighted by Crippen LogP contribution is -2.17. The highest BCUT2D eigenvalue weighted by atomic mass is 14.8. The third-order valence-electron chi connectivity index (χ3n) is 11.4. The van der Waals surface area contributed by atoms with E-state index in [4.69, 9.17) is 0 Å². The van der Waals surface area contributed by atoms with Crippen LogP contribution in [0.2, 0.25) is 0 Å². The lowest BCUT2D eigenvalue weighted by molar-refractivity contribution is 0.740. The molecule has 0 aliphatic rings. The van der Waals surface area contributed by atoms with Gasteiger partial charge in [0.2, 0.25) is 0 Å². The van der Waals surface area contributed by atoms with Gasteiger partial charge in [-0.25, -0.2) is 0 Å². The zero-order valence-electron chi connectivity index (χ0n) is 40.5. The van der Waals surface area contributed by atoms with Crippen LogP contribution in [0.15, 0.2) is 147 Å². The van der Waals surface area contributed by atoms with Gasteiger partial charge in [-0.15, -0.1) is 0 Å². The lowest BCUT2D eigenvalue weighted by Gasteiger charge is -2.05. The lowest BCUT2D eigenvalue weighted by atomic mass is 10.0. The smallest absolute Gasteiger partial charge is 0.0137 e. The molecule has 1 N–H and O–H groups in total. The summed E-state index contributed by atoms with van der Waals surface area (Å²) in [6, 6.07) is 10.7. The minimum absolute atomic E-state index is 0.962. The van der Waals surface area contributed by atoms with Gasteiger partial charge in [0.25, 0.3) is 0 Å². The van der Waals surface area contributed by atoms with Crippen molar-refractivity contribution < 1.29 is 0 Å². The minimum Gasteiger partial charge on any atom is -0.313 e. The molecule has 1 rings (SSSR count). The third-order valence-corrected chi connectivity index (χ3v) is 11.4. The van der Waals surface area contributed by atoms with Gasteiger partial charge in [0.05, 0.1) is 0 Å². The third kappa shape index (κ3) is 34.0. The molecule has 0 spiro atoms. The maximum atomic E-state index is 3.55. The van der Waals surface area contributed by atoms with Crippen LogP contribution >= 0.6 is 0 Å². The first-order chi connectivity index (χ1) is 28.3. The topological polar surface area (TPSA) is 12.0 Å². The SMILES string of the molecule is CC(C)=CCC/C(C)=C/CC/C(C)=C/CC/C(C)=C/CC/C(C)=C/CC/C(C)=C/CC/C(C)=C/CC/C(C)=C/CC/C(C)=C/CC/C(C)=C/CNCCc1ccccc1. The van der Waals surface area contributed by atoms with Crippen LogP contribution < -0.4 is 5.32 Å². The molecule has 0 bridgehead atoms. The zero-order chi connectivity index (χ0) is 43.5. The normalized spacial score (nSPS) is 14.4. The molecule has 0 atom stereocenters. The van der Waals surface area contributed by atoms with Crippen molar-refractivity contribution >= 4 is 0 Å². The van der Waals surface area contributed by atoms with Crippen LogP contribution in [-0.2, 0) is 6.42 Å². The Morgan fingerprint density at radius 2 is 0.593 bits per heavy atom. The summed E-state index contributed by atoms with van der Waals surface area (Å²) < 4.78 is 0. The molecule has 0 saturated carbocycles. The second-order valence-electron chi connectivity index (χ2n) is 18.0. The highest BCUT2D eigenvalue weighted by Crippen LogP contribution is 2.18. The Morgan fingerprint density at radius 3 is 0.864 bits per heavy atom. The molecule has 1 nitrogen and oxygen atoms in total. The molecule has 1 heteroatoms. The molecule has 1 aromatic rings. The molecule has 0 heterocycles. The molecular formula is C58H91N. The second-order valence-corrected chi connectivity index (χ2v) is 18.0. The Morgan fingerprint density at radius 1 is 0.339 bits per heavy atom. The van der Waals surface area contributed by atoms with Crippen LogP contribution in [0.5, 0.6) is 0 Å². The summed E-state index contributed by atoms with van der Waals surface area (Å²) in [5, 5.41) is 3.55. The maximum absolute atomic E-state index is 3.55. The van der Waals surface area contributed by atoms with E-state index in [0.29, 0.717) is 0 Å². The predicted octanol–water partition coefficient (Wildman–Crippen LogP) is 18.3. The molecule has 0 aliphatic heterocycles. The predicted molar refractivity (Wildman–Crippen MR) is 269 cm³/mol. The fourth-order valence-electron chi connectivity index (χ4n) is 7.10. The number of nitrogens with one attached hydrogen (secondary N) is 1. The zero-order valence-corrected chi connectivity index (χ0v) is 40.5. The molecule has 0 fully saturated rings. The van der Waals surface area contributed by atoms with Crippen molar-refractivity contribution in [2.45, 2.75) is 198 Å². The Bertz CT molecular complexity index is 1580. The number of hydrogen-bond acceptors (Lipinski definition) is 1. The standard InChI is InChI=1S/C58H91N/c1-48(2)24-15-25-49(3)26-16-27-50(4)28-17-29-51(5)30-18-31-52(6)32-19-33-53(7)34-20-35-54(8)36-21-37-55(9)38-22-39-56(10)40-23-41-57(11)44-46-59-47-45-58-42-13-12-14-43-58/h12-14,24,26,28,30,32,34,36,38,40,42-44,59H,15-23,25,27,29,31,33,35,37,39,41,45-47H2,1-11H3/b49-26+,50-28+,51-30+,52-32+,53-34+,54-36+,55-38+,56-40+,57-44+. The van der Waals surface area contributed by atoms with Gasteiger partial charge >= 0.3 is 0 Å². The first kappa shape index (κ1) is 53.6. The van der Waals surface area contributed by atoms with Gasteiger partial charge in [0.15, 0.2) is 0 Å². The van der Waals surface area contributed by atoms with E-state index < -0.39 is 0 Å². The van der Waals surface area contributed by atoms with Crippen LogP contribution in [0.4, 0.5) is 0 Å². The van der Waals surface area contributed by atoms with E-state index in [2.05, 4.69) is 173 Å². The summed E-state index contributed by atoms with van der Waals surface area (Å²) in [6.45, 7) is 27.0. The van der Waals surface area contributed by atoms with E-state index in [1.165, 1.54) is 126 Å². The van der Waals surface area contributed by atoms with Crippen LogP contribution in [0.3, 0.4) is 0 Å². The highest BCUT2D eigenvalue weighted by molar-refractivity contribution is 5.15. The molecule has 0 saturated heterocycles. The molecule has 0 radical (unpaired) electrons. The first-order valence-corrected chi connectivity index (χ1v) is 23.6. The number of allylic oxidation sites excluding steroid dienone is 19. The second kappa shape index (κ2) is 35.3. The van der Waals surface area contributed by atoms with Gasteiger partial charge in [0.1, 0.15) is 0 Å². The number of hydrogen-bond donors (Lipinski definition) is 1. The molecule has 59 heavy (non-hydrogen) atoms. The van der Waals surface area contributed by atoms with Crippen LogP contribution in [0, 0.1) is 0 Å². The van der Waals surface area contributed by atoms with Crippen LogP contribution in [0.1, 0.15) is 197 Å². The first-order valence-electron chi connectivity index (χ1n) is 23.6. The van der Waals surface area contributed by atoms with E-state index >= 15 is 0 Å². The fourth-order valence-corrected chi connectivity index (χ4v) is 7.10. The van der Waals surface area contributed by atoms with Crippen molar-refractivity contribution in [1.82, 2.24) is 5.32 Å². The maximum Gasteiger partial charge on any atom is 0.0137 e. The van der Waals surface area contributed by atoms with Crippen molar-refractivity contribution in [3.63, 3.8) is 0 Å². The van der Waals surface area contributed by atoms with E-state index in [-0.39, 0.29) is 0 Å². The van der Waals surface area contributed by atoms with Gasteiger partial charge in [0, 0.05) is 6.54 Å². The molecule has 328 valence electrons. The van der Waals surface area contributed by atoms with E-state index in [1.54, 1.807) is 0 Å². The quantitative estimate of drug-likeness (QED) is 0.0565. The van der Waals surface area contributed by atoms with Gasteiger partial charge in [-0.05, 0) is 210 Å².